The molecule has 0 aliphatic heterocycles. The topological polar surface area (TPSA) is 53.1 Å². The zero-order chi connectivity index (χ0) is 9.42. The lowest BCUT2D eigenvalue weighted by molar-refractivity contribution is 0.415. The lowest BCUT2D eigenvalue weighted by Crippen LogP contribution is -1.90. The summed E-state index contributed by atoms with van der Waals surface area (Å²) in [5.41, 5.74) is 7.26. The van der Waals surface area contributed by atoms with Gasteiger partial charge in [-0.1, -0.05) is 0 Å². The average molecular weight is 177 g/mol. The van der Waals surface area contributed by atoms with E-state index in [4.69, 9.17) is 10.5 Å². The first-order valence-electron chi connectivity index (χ1n) is 3.97. The van der Waals surface area contributed by atoms with Crippen LogP contribution in [-0.2, 0) is 7.05 Å². The molecule has 1 aromatic heterocycles. The van der Waals surface area contributed by atoms with E-state index in [0.717, 1.165) is 16.7 Å². The van der Waals surface area contributed by atoms with E-state index in [0.29, 0.717) is 5.69 Å². The second-order valence-corrected chi connectivity index (χ2v) is 2.96. The van der Waals surface area contributed by atoms with Gasteiger partial charge in [-0.3, -0.25) is 4.68 Å². The Morgan fingerprint density at radius 1 is 1.46 bits per heavy atom. The number of hydrogen-bond donors (Lipinski definition) is 1. The van der Waals surface area contributed by atoms with Crippen LogP contribution in [0, 0.1) is 0 Å². The quantitative estimate of drug-likeness (QED) is 0.665. The van der Waals surface area contributed by atoms with Crippen molar-refractivity contribution in [3.8, 4) is 5.75 Å². The van der Waals surface area contributed by atoms with Crippen molar-refractivity contribution in [3.63, 3.8) is 0 Å². The minimum Gasteiger partial charge on any atom is -0.497 e. The highest BCUT2D eigenvalue weighted by molar-refractivity contribution is 5.90. The monoisotopic (exact) mass is 177 g/mol. The summed E-state index contributed by atoms with van der Waals surface area (Å²) in [7, 11) is 3.49. The van der Waals surface area contributed by atoms with Gasteiger partial charge in [0, 0.05) is 24.7 Å². The molecule has 2 aromatic rings. The third-order valence-corrected chi connectivity index (χ3v) is 1.96. The molecule has 0 atom stereocenters. The number of fused-ring (bicyclic) bond motifs is 1. The molecule has 0 unspecified atom stereocenters. The van der Waals surface area contributed by atoms with Gasteiger partial charge in [0.1, 0.15) is 11.3 Å². The van der Waals surface area contributed by atoms with Gasteiger partial charge >= 0.3 is 0 Å². The first-order chi connectivity index (χ1) is 6.20. The van der Waals surface area contributed by atoms with Crippen molar-refractivity contribution in [2.24, 2.45) is 7.05 Å². The Balaban J connectivity index is 2.75. The molecule has 68 valence electrons. The number of aromatic nitrogens is 2. The van der Waals surface area contributed by atoms with Gasteiger partial charge in [0.25, 0.3) is 0 Å². The molecule has 1 aromatic carbocycles. The Labute approximate surface area is 75.9 Å². The van der Waals surface area contributed by atoms with Gasteiger partial charge in [-0.15, -0.1) is 0 Å². The van der Waals surface area contributed by atoms with Crippen molar-refractivity contribution in [2.75, 3.05) is 12.8 Å². The molecule has 0 spiro atoms. The van der Waals surface area contributed by atoms with Gasteiger partial charge in [-0.2, -0.15) is 5.10 Å². The van der Waals surface area contributed by atoms with Gasteiger partial charge < -0.3 is 10.5 Å². The van der Waals surface area contributed by atoms with Crippen molar-refractivity contribution in [1.82, 2.24) is 9.78 Å². The summed E-state index contributed by atoms with van der Waals surface area (Å²) < 4.78 is 6.83. The van der Waals surface area contributed by atoms with E-state index < -0.39 is 0 Å². The molecule has 0 saturated carbocycles. The normalized spacial score (nSPS) is 10.6. The molecular weight excluding hydrogens is 166 g/mol. The first-order valence-corrected chi connectivity index (χ1v) is 3.97. The van der Waals surface area contributed by atoms with Crippen LogP contribution >= 0.6 is 0 Å². The summed E-state index contributed by atoms with van der Waals surface area (Å²) in [5.74, 6) is 0.762. The number of rotatable bonds is 1. The predicted molar refractivity (Wildman–Crippen MR) is 51.7 cm³/mol. The number of nitrogen functional groups attached to an aromatic ring is 1. The molecule has 0 aliphatic rings. The largest absolute Gasteiger partial charge is 0.497 e. The molecule has 2 rings (SSSR count). The van der Waals surface area contributed by atoms with E-state index in [1.807, 2.05) is 19.3 Å². The molecule has 0 amide bonds. The Kier molecular flexibility index (Phi) is 1.62. The zero-order valence-electron chi connectivity index (χ0n) is 7.61. The number of aryl methyl sites for hydroxylation is 1. The van der Waals surface area contributed by atoms with Crippen LogP contribution in [0.4, 0.5) is 5.69 Å². The Morgan fingerprint density at radius 2 is 2.23 bits per heavy atom. The number of nitrogens with zero attached hydrogens (tertiary/aromatic N) is 2. The molecule has 0 fully saturated rings. The molecule has 2 N–H and O–H groups in total. The van der Waals surface area contributed by atoms with Crippen LogP contribution in [0.5, 0.6) is 5.75 Å². The smallest absolute Gasteiger partial charge is 0.121 e. The van der Waals surface area contributed by atoms with Crippen LogP contribution in [0.15, 0.2) is 18.3 Å². The van der Waals surface area contributed by atoms with Crippen molar-refractivity contribution < 1.29 is 4.74 Å². The van der Waals surface area contributed by atoms with Gasteiger partial charge in [-0.25, -0.2) is 0 Å². The third kappa shape index (κ3) is 1.20. The van der Waals surface area contributed by atoms with Crippen LogP contribution in [-0.4, -0.2) is 16.9 Å². The molecule has 1 heterocycles. The fourth-order valence-corrected chi connectivity index (χ4v) is 1.37. The number of methoxy groups -OCH3 is 1. The number of anilines is 1. The van der Waals surface area contributed by atoms with E-state index >= 15 is 0 Å². The molecule has 0 aliphatic carbocycles. The standard InChI is InChI=1S/C9H11N3O/c1-12-5-6-3-7(13-2)4-8(10)9(6)11-12/h3-5H,10H2,1-2H3. The third-order valence-electron chi connectivity index (χ3n) is 1.96. The summed E-state index contributed by atoms with van der Waals surface area (Å²) in [6.07, 6.45) is 1.91. The average Bonchev–Trinajstić information content (AvgIpc) is 2.46. The number of benzene rings is 1. The van der Waals surface area contributed by atoms with Gasteiger partial charge in [0.15, 0.2) is 0 Å². The summed E-state index contributed by atoms with van der Waals surface area (Å²) in [6.45, 7) is 0. The lowest BCUT2D eigenvalue weighted by Gasteiger charge is -2.00. The summed E-state index contributed by atoms with van der Waals surface area (Å²) >= 11 is 0. The van der Waals surface area contributed by atoms with E-state index in [1.54, 1.807) is 17.9 Å². The highest BCUT2D eigenvalue weighted by atomic mass is 16.5. The van der Waals surface area contributed by atoms with Crippen LogP contribution in [0.3, 0.4) is 0 Å². The maximum Gasteiger partial charge on any atom is 0.121 e. The van der Waals surface area contributed by atoms with Crippen LogP contribution in [0.2, 0.25) is 0 Å². The van der Waals surface area contributed by atoms with E-state index in [1.165, 1.54) is 0 Å². The minimum atomic E-state index is 0.648. The maximum atomic E-state index is 5.79. The van der Waals surface area contributed by atoms with Crippen LogP contribution < -0.4 is 10.5 Å². The maximum absolute atomic E-state index is 5.79. The van der Waals surface area contributed by atoms with Gasteiger partial charge in [0.05, 0.1) is 12.8 Å². The minimum absolute atomic E-state index is 0.648. The molecule has 0 saturated heterocycles. The highest BCUT2D eigenvalue weighted by Crippen LogP contribution is 2.25. The van der Waals surface area contributed by atoms with Crippen LogP contribution in [0.1, 0.15) is 0 Å². The molecule has 0 radical (unpaired) electrons. The molecular formula is C9H11N3O. The number of ether oxygens (including phenoxy) is 1. The molecule has 0 bridgehead atoms. The SMILES string of the molecule is COc1cc(N)c2nn(C)cc2c1. The van der Waals surface area contributed by atoms with Crippen molar-refractivity contribution >= 4 is 16.6 Å². The van der Waals surface area contributed by atoms with Gasteiger partial charge in [0.2, 0.25) is 0 Å². The van der Waals surface area contributed by atoms with Crippen molar-refractivity contribution in [1.29, 1.82) is 0 Å². The van der Waals surface area contributed by atoms with Crippen LogP contribution in [0.25, 0.3) is 10.9 Å². The predicted octanol–water partition coefficient (Wildman–Crippen LogP) is 1.16. The Bertz CT molecular complexity index is 447. The molecule has 4 nitrogen and oxygen atoms in total. The fraction of sp³-hybridized carbons (Fsp3) is 0.222. The van der Waals surface area contributed by atoms with E-state index in [9.17, 15) is 0 Å². The highest BCUT2D eigenvalue weighted by Gasteiger charge is 2.04. The summed E-state index contributed by atoms with van der Waals surface area (Å²) in [6, 6.07) is 3.69. The zero-order valence-corrected chi connectivity index (χ0v) is 7.61. The van der Waals surface area contributed by atoms with Crippen molar-refractivity contribution in [2.45, 2.75) is 0 Å². The fourth-order valence-electron chi connectivity index (χ4n) is 1.37. The molecule has 13 heavy (non-hydrogen) atoms. The Morgan fingerprint density at radius 3 is 2.92 bits per heavy atom. The number of nitrogens with two attached hydrogens (primary N) is 1. The van der Waals surface area contributed by atoms with E-state index in [-0.39, 0.29) is 0 Å². The number of hydrogen-bond acceptors (Lipinski definition) is 3. The van der Waals surface area contributed by atoms with E-state index in [2.05, 4.69) is 5.10 Å². The second-order valence-electron chi connectivity index (χ2n) is 2.96. The van der Waals surface area contributed by atoms with Gasteiger partial charge in [-0.05, 0) is 6.07 Å². The second kappa shape index (κ2) is 2.65. The summed E-state index contributed by atoms with van der Waals surface area (Å²) in [4.78, 5) is 0. The lowest BCUT2D eigenvalue weighted by atomic mass is 10.2. The molecule has 4 heteroatoms. The summed E-state index contributed by atoms with van der Waals surface area (Å²) in [5, 5.41) is 5.22. The Hall–Kier alpha value is -1.71. The first kappa shape index (κ1) is 7.91. The van der Waals surface area contributed by atoms with Crippen molar-refractivity contribution in [3.05, 3.63) is 18.3 Å².